The van der Waals surface area contributed by atoms with Crippen LogP contribution in [0, 0.1) is 12.8 Å². The number of piperidine rings is 1. The third-order valence-corrected chi connectivity index (χ3v) is 7.45. The zero-order chi connectivity index (χ0) is 26.0. The molecule has 1 fully saturated rings. The van der Waals surface area contributed by atoms with Crippen molar-refractivity contribution in [1.29, 1.82) is 0 Å². The van der Waals surface area contributed by atoms with Gasteiger partial charge in [-0.25, -0.2) is 0 Å². The topological polar surface area (TPSA) is 87.7 Å². The van der Waals surface area contributed by atoms with Crippen LogP contribution in [-0.4, -0.2) is 48.4 Å². The minimum Gasteiger partial charge on any atom is -0.494 e. The second-order valence-electron chi connectivity index (χ2n) is 10.3. The summed E-state index contributed by atoms with van der Waals surface area (Å²) >= 11 is 0. The van der Waals surface area contributed by atoms with Crippen molar-refractivity contribution in [3.05, 3.63) is 65.2 Å². The largest absolute Gasteiger partial charge is 0.494 e. The number of nitrogens with zero attached hydrogens (tertiary/aromatic N) is 1. The van der Waals surface area contributed by atoms with Gasteiger partial charge in [-0.3, -0.25) is 14.4 Å². The van der Waals surface area contributed by atoms with Crippen LogP contribution >= 0.6 is 0 Å². The number of carbonyl (C=O) groups is 3. The number of nitrogens with one attached hydrogen (secondary N) is 2. The Labute approximate surface area is 220 Å². The van der Waals surface area contributed by atoms with Crippen molar-refractivity contribution in [3.8, 4) is 5.75 Å². The van der Waals surface area contributed by atoms with E-state index in [1.165, 1.54) is 0 Å². The van der Waals surface area contributed by atoms with E-state index in [1.807, 2.05) is 60.4 Å². The quantitative estimate of drug-likeness (QED) is 0.662. The lowest BCUT2D eigenvalue weighted by atomic mass is 9.95. The average molecular weight is 506 g/mol. The number of hydrogen-bond acceptors (Lipinski definition) is 4. The second-order valence-corrected chi connectivity index (χ2v) is 10.3. The first-order valence-electron chi connectivity index (χ1n) is 13.6. The molecule has 1 saturated heterocycles. The molecule has 0 aliphatic carbocycles. The summed E-state index contributed by atoms with van der Waals surface area (Å²) < 4.78 is 6.06. The van der Waals surface area contributed by atoms with Crippen LogP contribution in [0.2, 0.25) is 0 Å². The predicted octanol–water partition coefficient (Wildman–Crippen LogP) is 3.92. The molecule has 4 bridgehead atoms. The van der Waals surface area contributed by atoms with Crippen LogP contribution in [0.3, 0.4) is 0 Å². The first-order valence-corrected chi connectivity index (χ1v) is 13.6. The number of benzene rings is 2. The Balaban J connectivity index is 1.48. The molecule has 2 aliphatic heterocycles. The van der Waals surface area contributed by atoms with Crippen molar-refractivity contribution in [2.75, 3.05) is 19.7 Å². The molecule has 0 saturated carbocycles. The highest BCUT2D eigenvalue weighted by molar-refractivity contribution is 5.87. The second kappa shape index (κ2) is 13.3. The molecule has 1 unspecified atom stereocenters. The summed E-state index contributed by atoms with van der Waals surface area (Å²) in [6.45, 7) is 4.52. The predicted molar refractivity (Wildman–Crippen MR) is 143 cm³/mol. The van der Waals surface area contributed by atoms with E-state index < -0.39 is 6.04 Å². The third-order valence-electron chi connectivity index (χ3n) is 7.45. The molecule has 2 heterocycles. The molecular weight excluding hydrogens is 466 g/mol. The molecule has 2 aromatic carbocycles. The van der Waals surface area contributed by atoms with Crippen LogP contribution in [0.1, 0.15) is 61.6 Å². The van der Waals surface area contributed by atoms with E-state index in [0.717, 1.165) is 54.8 Å². The Kier molecular flexibility index (Phi) is 9.58. The fourth-order valence-electron chi connectivity index (χ4n) is 5.15. The maximum atomic E-state index is 13.2. The fourth-order valence-corrected chi connectivity index (χ4v) is 5.15. The van der Waals surface area contributed by atoms with E-state index >= 15 is 0 Å². The molecule has 2 N–H and O–H groups in total. The molecule has 2 aliphatic rings. The lowest BCUT2D eigenvalue weighted by Gasteiger charge is -2.33. The van der Waals surface area contributed by atoms with Crippen LogP contribution in [0.4, 0.5) is 0 Å². The van der Waals surface area contributed by atoms with Crippen molar-refractivity contribution in [1.82, 2.24) is 15.5 Å². The van der Waals surface area contributed by atoms with Gasteiger partial charge in [0.25, 0.3) is 0 Å². The molecule has 0 radical (unpaired) electrons. The number of hydrogen-bond donors (Lipinski definition) is 2. The zero-order valence-corrected chi connectivity index (χ0v) is 21.8. The number of fused-ring (bicyclic) bond motifs is 4. The fraction of sp³-hybridized carbons (Fsp3) is 0.500. The Hall–Kier alpha value is -3.35. The maximum Gasteiger partial charge on any atom is 0.242 e. The van der Waals surface area contributed by atoms with Gasteiger partial charge in [0.2, 0.25) is 17.7 Å². The zero-order valence-electron chi connectivity index (χ0n) is 21.8. The van der Waals surface area contributed by atoms with Gasteiger partial charge in [-0.15, -0.1) is 0 Å². The van der Waals surface area contributed by atoms with Gasteiger partial charge in [-0.05, 0) is 80.2 Å². The molecule has 37 heavy (non-hydrogen) atoms. The van der Waals surface area contributed by atoms with Gasteiger partial charge >= 0.3 is 0 Å². The molecule has 7 heteroatoms. The minimum absolute atomic E-state index is 0.109. The summed E-state index contributed by atoms with van der Waals surface area (Å²) in [4.78, 5) is 40.7. The van der Waals surface area contributed by atoms with Crippen molar-refractivity contribution in [3.63, 3.8) is 0 Å². The highest BCUT2D eigenvalue weighted by Crippen LogP contribution is 2.23. The standard InChI is InChI=1S/C30H39N3O4/c1-22-12-14-26-19-25(22)20-31-30(36)27(15-13-23-7-3-2-4-8-23)32-28(34)10-5-11-29(35)33-17-6-9-24(21-33)16-18-37-26/h2-4,7-8,12,14,19,24,27H,5-6,9-11,13,15-18,20-21H2,1H3,(H,31,36)(H,32,34)/t24?,27-/m0/s1. The van der Waals surface area contributed by atoms with E-state index in [0.29, 0.717) is 44.8 Å². The monoisotopic (exact) mass is 505 g/mol. The molecule has 2 atom stereocenters. The summed E-state index contributed by atoms with van der Waals surface area (Å²) in [5, 5.41) is 5.95. The summed E-state index contributed by atoms with van der Waals surface area (Å²) in [5.74, 6) is 0.923. The Morgan fingerprint density at radius 3 is 2.68 bits per heavy atom. The third kappa shape index (κ3) is 8.07. The number of carbonyl (C=O) groups excluding carboxylic acids is 3. The average Bonchev–Trinajstić information content (AvgIpc) is 2.91. The van der Waals surface area contributed by atoms with Gasteiger partial charge in [0.1, 0.15) is 11.8 Å². The Bertz CT molecular complexity index is 1070. The number of ether oxygens (including phenoxy) is 1. The van der Waals surface area contributed by atoms with E-state index in [4.69, 9.17) is 4.74 Å². The molecule has 198 valence electrons. The lowest BCUT2D eigenvalue weighted by Crippen LogP contribution is -2.46. The Morgan fingerprint density at radius 1 is 1.00 bits per heavy atom. The molecular formula is C30H39N3O4. The Morgan fingerprint density at radius 2 is 1.84 bits per heavy atom. The molecule has 3 amide bonds. The number of aryl methyl sites for hydroxylation is 2. The highest BCUT2D eigenvalue weighted by Gasteiger charge is 2.25. The molecule has 2 aromatic rings. The number of rotatable bonds is 3. The highest BCUT2D eigenvalue weighted by atomic mass is 16.5. The van der Waals surface area contributed by atoms with Gasteiger partial charge < -0.3 is 20.3 Å². The summed E-state index contributed by atoms with van der Waals surface area (Å²) in [7, 11) is 0. The van der Waals surface area contributed by atoms with Crippen LogP contribution < -0.4 is 15.4 Å². The van der Waals surface area contributed by atoms with E-state index in [2.05, 4.69) is 10.6 Å². The van der Waals surface area contributed by atoms with E-state index in [1.54, 1.807) is 0 Å². The summed E-state index contributed by atoms with van der Waals surface area (Å²) in [6.07, 6.45) is 5.24. The van der Waals surface area contributed by atoms with Crippen molar-refractivity contribution < 1.29 is 19.1 Å². The lowest BCUT2D eigenvalue weighted by molar-refractivity contribution is -0.133. The van der Waals surface area contributed by atoms with Crippen molar-refractivity contribution in [2.24, 2.45) is 5.92 Å². The molecule has 0 aromatic heterocycles. The maximum absolute atomic E-state index is 13.2. The molecule has 7 nitrogen and oxygen atoms in total. The first kappa shape index (κ1) is 26.7. The van der Waals surface area contributed by atoms with Crippen molar-refractivity contribution in [2.45, 2.75) is 70.9 Å². The summed E-state index contributed by atoms with van der Waals surface area (Å²) in [5.41, 5.74) is 3.18. The van der Waals surface area contributed by atoms with Gasteiger partial charge in [0.05, 0.1) is 6.61 Å². The summed E-state index contributed by atoms with van der Waals surface area (Å²) in [6, 6.07) is 15.3. The normalized spacial score (nSPS) is 22.1. The van der Waals surface area contributed by atoms with Gasteiger partial charge in [0.15, 0.2) is 0 Å². The van der Waals surface area contributed by atoms with Crippen LogP contribution in [-0.2, 0) is 27.3 Å². The smallest absolute Gasteiger partial charge is 0.242 e. The van der Waals surface area contributed by atoms with Crippen LogP contribution in [0.25, 0.3) is 0 Å². The van der Waals surface area contributed by atoms with Gasteiger partial charge in [-0.2, -0.15) is 0 Å². The van der Waals surface area contributed by atoms with Gasteiger partial charge in [-0.1, -0.05) is 36.4 Å². The first-order chi connectivity index (χ1) is 18.0. The van der Waals surface area contributed by atoms with Crippen LogP contribution in [0.15, 0.2) is 48.5 Å². The van der Waals surface area contributed by atoms with E-state index in [-0.39, 0.29) is 24.1 Å². The molecule has 0 spiro atoms. The number of amides is 3. The van der Waals surface area contributed by atoms with Gasteiger partial charge in [0, 0.05) is 32.5 Å². The van der Waals surface area contributed by atoms with Crippen LogP contribution in [0.5, 0.6) is 5.75 Å². The van der Waals surface area contributed by atoms with E-state index in [9.17, 15) is 14.4 Å². The molecule has 4 rings (SSSR count). The minimum atomic E-state index is -0.645. The SMILES string of the molecule is Cc1ccc2cc1CNC(=O)[C@H](CCc1ccccc1)NC(=O)CCCC(=O)N1CCCC(CCO2)C1. The van der Waals surface area contributed by atoms with Crippen molar-refractivity contribution >= 4 is 17.7 Å².